The molecule has 0 bridgehead atoms. The molecule has 0 N–H and O–H groups in total. The fourth-order valence-corrected chi connectivity index (χ4v) is 3.72. The largest absolute Gasteiger partial charge is 0.416 e. The molecule has 1 unspecified atom stereocenters. The number of carbonyl (C=O) groups excluding carboxylic acids is 2. The number of halogens is 5. The van der Waals surface area contributed by atoms with Gasteiger partial charge in [0, 0.05) is 26.2 Å². The molecular formula is C20H18ClF4N3O2. The summed E-state index contributed by atoms with van der Waals surface area (Å²) in [6.07, 6.45) is -4.71. The van der Waals surface area contributed by atoms with Gasteiger partial charge in [-0.15, -0.1) is 12.4 Å². The predicted octanol–water partition coefficient (Wildman–Crippen LogP) is 3.92. The van der Waals surface area contributed by atoms with E-state index < -0.39 is 41.2 Å². The molecule has 160 valence electrons. The summed E-state index contributed by atoms with van der Waals surface area (Å²) in [6, 6.07) is 9.63. The van der Waals surface area contributed by atoms with Gasteiger partial charge in [0.1, 0.15) is 11.9 Å². The number of anilines is 1. The van der Waals surface area contributed by atoms with E-state index in [0.29, 0.717) is 36.2 Å². The number of piperazine rings is 1. The van der Waals surface area contributed by atoms with Crippen LogP contribution in [0.15, 0.2) is 48.5 Å². The van der Waals surface area contributed by atoms with Gasteiger partial charge in [-0.1, -0.05) is 30.3 Å². The summed E-state index contributed by atoms with van der Waals surface area (Å²) in [5, 5.41) is 0. The highest BCUT2D eigenvalue weighted by Crippen LogP contribution is 2.35. The lowest BCUT2D eigenvalue weighted by atomic mass is 10.1. The van der Waals surface area contributed by atoms with Crippen LogP contribution in [0.3, 0.4) is 0 Å². The fourth-order valence-electron chi connectivity index (χ4n) is 3.72. The van der Waals surface area contributed by atoms with Crippen molar-refractivity contribution in [3.63, 3.8) is 0 Å². The zero-order chi connectivity index (χ0) is 20.8. The van der Waals surface area contributed by atoms with E-state index in [1.54, 1.807) is 0 Å². The minimum Gasteiger partial charge on any atom is -0.309 e. The number of benzene rings is 2. The summed E-state index contributed by atoms with van der Waals surface area (Å²) in [7, 11) is 0. The second-order valence-electron chi connectivity index (χ2n) is 7.05. The third-order valence-corrected chi connectivity index (χ3v) is 5.17. The molecule has 5 nitrogen and oxygen atoms in total. The zero-order valence-electron chi connectivity index (χ0n) is 15.6. The molecule has 2 heterocycles. The van der Waals surface area contributed by atoms with E-state index >= 15 is 0 Å². The second kappa shape index (κ2) is 8.23. The summed E-state index contributed by atoms with van der Waals surface area (Å²) in [5.74, 6) is -1.77. The number of hydrogen-bond acceptors (Lipinski definition) is 3. The molecule has 2 fully saturated rings. The van der Waals surface area contributed by atoms with Crippen molar-refractivity contribution in [2.75, 3.05) is 24.5 Å². The van der Waals surface area contributed by atoms with Crippen LogP contribution in [0.1, 0.15) is 11.1 Å². The zero-order valence-corrected chi connectivity index (χ0v) is 16.4. The van der Waals surface area contributed by atoms with Crippen LogP contribution in [0, 0.1) is 5.82 Å². The third-order valence-electron chi connectivity index (χ3n) is 5.17. The van der Waals surface area contributed by atoms with Crippen molar-refractivity contribution in [2.24, 2.45) is 0 Å². The smallest absolute Gasteiger partial charge is 0.309 e. The number of alkyl halides is 3. The SMILES string of the molecule is Cl.O=C1C2CN(Cc3ccccc3)CCN2C(=O)N1c1cc(C(F)(F)F)ccc1F. The maximum absolute atomic E-state index is 14.3. The Morgan fingerprint density at radius 2 is 1.70 bits per heavy atom. The molecular weight excluding hydrogens is 426 g/mol. The average Bonchev–Trinajstić information content (AvgIpc) is 2.92. The van der Waals surface area contributed by atoms with Crippen LogP contribution in [0.4, 0.5) is 28.0 Å². The van der Waals surface area contributed by atoms with Gasteiger partial charge in [0.25, 0.3) is 5.91 Å². The minimum absolute atomic E-state index is 0. The van der Waals surface area contributed by atoms with Crippen LogP contribution < -0.4 is 4.90 Å². The highest BCUT2D eigenvalue weighted by molar-refractivity contribution is 6.21. The lowest BCUT2D eigenvalue weighted by molar-refractivity contribution is -0.137. The molecule has 4 rings (SSSR count). The highest BCUT2D eigenvalue weighted by Gasteiger charge is 2.49. The Bertz CT molecular complexity index is 955. The van der Waals surface area contributed by atoms with Gasteiger partial charge in [-0.05, 0) is 23.8 Å². The van der Waals surface area contributed by atoms with Crippen LogP contribution in [-0.4, -0.2) is 47.4 Å². The standard InChI is InChI=1S/C20H17F4N3O2.ClH/c21-15-7-6-14(20(22,23)24)10-16(15)27-18(28)17-12-25(8-9-26(17)19(27)29)11-13-4-2-1-3-5-13;/h1-7,10,17H,8-9,11-12H2;1H. The summed E-state index contributed by atoms with van der Waals surface area (Å²) >= 11 is 0. The van der Waals surface area contributed by atoms with Gasteiger partial charge < -0.3 is 4.90 Å². The molecule has 0 aliphatic carbocycles. The number of urea groups is 1. The summed E-state index contributed by atoms with van der Waals surface area (Å²) in [4.78, 5) is 29.4. The predicted molar refractivity (Wildman–Crippen MR) is 104 cm³/mol. The van der Waals surface area contributed by atoms with E-state index in [4.69, 9.17) is 0 Å². The van der Waals surface area contributed by atoms with E-state index in [1.165, 1.54) is 4.90 Å². The van der Waals surface area contributed by atoms with Gasteiger partial charge in [-0.3, -0.25) is 9.69 Å². The van der Waals surface area contributed by atoms with Crippen LogP contribution in [0.5, 0.6) is 0 Å². The molecule has 2 aromatic rings. The van der Waals surface area contributed by atoms with Crippen molar-refractivity contribution in [1.82, 2.24) is 9.80 Å². The van der Waals surface area contributed by atoms with Gasteiger partial charge in [-0.2, -0.15) is 13.2 Å². The van der Waals surface area contributed by atoms with Crippen molar-refractivity contribution in [3.8, 4) is 0 Å². The Labute approximate surface area is 176 Å². The van der Waals surface area contributed by atoms with Crippen molar-refractivity contribution in [2.45, 2.75) is 18.8 Å². The number of fused-ring (bicyclic) bond motifs is 1. The molecule has 0 radical (unpaired) electrons. The molecule has 3 amide bonds. The molecule has 2 aliphatic rings. The van der Waals surface area contributed by atoms with E-state index in [-0.39, 0.29) is 25.5 Å². The molecule has 2 saturated heterocycles. The highest BCUT2D eigenvalue weighted by atomic mass is 35.5. The van der Waals surface area contributed by atoms with Gasteiger partial charge in [-0.25, -0.2) is 14.1 Å². The second-order valence-corrected chi connectivity index (χ2v) is 7.05. The van der Waals surface area contributed by atoms with Gasteiger partial charge in [0.15, 0.2) is 0 Å². The van der Waals surface area contributed by atoms with Crippen molar-refractivity contribution >= 4 is 30.0 Å². The van der Waals surface area contributed by atoms with Crippen molar-refractivity contribution in [1.29, 1.82) is 0 Å². The molecule has 2 aliphatic heterocycles. The van der Waals surface area contributed by atoms with Crippen LogP contribution in [0.2, 0.25) is 0 Å². The molecule has 10 heteroatoms. The van der Waals surface area contributed by atoms with Crippen molar-refractivity contribution in [3.05, 3.63) is 65.5 Å². The molecule has 0 spiro atoms. The maximum Gasteiger partial charge on any atom is 0.416 e. The average molecular weight is 444 g/mol. The number of carbonyl (C=O) groups is 2. The Morgan fingerprint density at radius 3 is 2.37 bits per heavy atom. The van der Waals surface area contributed by atoms with Gasteiger partial charge in [0.2, 0.25) is 0 Å². The van der Waals surface area contributed by atoms with E-state index in [9.17, 15) is 27.2 Å². The Hall–Kier alpha value is -2.65. The van der Waals surface area contributed by atoms with Gasteiger partial charge in [0.05, 0.1) is 11.3 Å². The first-order valence-electron chi connectivity index (χ1n) is 9.03. The first-order chi connectivity index (χ1) is 13.8. The molecule has 2 aromatic carbocycles. The molecule has 30 heavy (non-hydrogen) atoms. The van der Waals surface area contributed by atoms with Crippen molar-refractivity contribution < 1.29 is 27.2 Å². The molecule has 1 atom stereocenters. The summed E-state index contributed by atoms with van der Waals surface area (Å²) in [6.45, 7) is 1.55. The maximum atomic E-state index is 14.3. The monoisotopic (exact) mass is 443 g/mol. The number of hydrogen-bond donors (Lipinski definition) is 0. The van der Waals surface area contributed by atoms with E-state index in [0.717, 1.165) is 5.56 Å². The number of amides is 3. The lowest BCUT2D eigenvalue weighted by Crippen LogP contribution is -2.52. The number of nitrogens with zero attached hydrogens (tertiary/aromatic N) is 3. The summed E-state index contributed by atoms with van der Waals surface area (Å²) in [5.41, 5.74) is -0.748. The van der Waals surface area contributed by atoms with Gasteiger partial charge >= 0.3 is 12.2 Å². The Kier molecular flexibility index (Phi) is 6.05. The first kappa shape index (κ1) is 22.0. The first-order valence-corrected chi connectivity index (χ1v) is 9.03. The summed E-state index contributed by atoms with van der Waals surface area (Å²) < 4.78 is 53.3. The van der Waals surface area contributed by atoms with E-state index in [1.807, 2.05) is 35.2 Å². The topological polar surface area (TPSA) is 43.9 Å². The lowest BCUT2D eigenvalue weighted by Gasteiger charge is -2.35. The number of imide groups is 1. The molecule has 0 aromatic heterocycles. The molecule has 0 saturated carbocycles. The van der Waals surface area contributed by atoms with Crippen LogP contribution >= 0.6 is 12.4 Å². The minimum atomic E-state index is -4.71. The third kappa shape index (κ3) is 3.99. The quantitative estimate of drug-likeness (QED) is 0.533. The fraction of sp³-hybridized carbons (Fsp3) is 0.300. The Morgan fingerprint density at radius 1 is 1.00 bits per heavy atom. The van der Waals surface area contributed by atoms with Crippen LogP contribution in [0.25, 0.3) is 0 Å². The normalized spacial score (nSPS) is 19.7. The Balaban J connectivity index is 0.00000256. The van der Waals surface area contributed by atoms with E-state index in [2.05, 4.69) is 0 Å². The number of rotatable bonds is 3. The van der Waals surface area contributed by atoms with Crippen LogP contribution in [-0.2, 0) is 17.5 Å².